The maximum atomic E-state index is 5.76. The number of nitrogens with zero attached hydrogens (tertiary/aromatic N) is 1. The van der Waals surface area contributed by atoms with Gasteiger partial charge in [0.1, 0.15) is 0 Å². The van der Waals surface area contributed by atoms with E-state index in [9.17, 15) is 0 Å². The lowest BCUT2D eigenvalue weighted by molar-refractivity contribution is 0.106. The van der Waals surface area contributed by atoms with Crippen LogP contribution in [0, 0.1) is 11.3 Å². The molecule has 21 heavy (non-hydrogen) atoms. The highest BCUT2D eigenvalue weighted by atomic mass is 16.5. The van der Waals surface area contributed by atoms with Crippen LogP contribution in [0.15, 0.2) is 0 Å². The van der Waals surface area contributed by atoms with E-state index in [0.29, 0.717) is 5.41 Å². The maximum Gasteiger partial charge on any atom is 0.0547 e. The van der Waals surface area contributed by atoms with E-state index in [2.05, 4.69) is 37.9 Å². The van der Waals surface area contributed by atoms with E-state index >= 15 is 0 Å². The summed E-state index contributed by atoms with van der Waals surface area (Å²) in [5.74, 6) is 0.723. The summed E-state index contributed by atoms with van der Waals surface area (Å²) in [6.45, 7) is 17.0. The molecule has 3 heteroatoms. The molecule has 1 atom stereocenters. The minimum atomic E-state index is 0.344. The minimum absolute atomic E-state index is 0.344. The van der Waals surface area contributed by atoms with E-state index in [4.69, 9.17) is 4.74 Å². The Labute approximate surface area is 132 Å². The first-order valence-electron chi connectivity index (χ1n) is 9.12. The number of unbranched alkanes of at least 4 members (excludes halogenated alkanes) is 2. The molecule has 0 bridgehead atoms. The molecule has 0 saturated carbocycles. The summed E-state index contributed by atoms with van der Waals surface area (Å²) in [5, 5.41) is 3.68. The highest BCUT2D eigenvalue weighted by Crippen LogP contribution is 2.29. The number of hydrogen-bond acceptors (Lipinski definition) is 3. The van der Waals surface area contributed by atoms with Crippen molar-refractivity contribution in [1.29, 1.82) is 0 Å². The number of hydrogen-bond donors (Lipinski definition) is 1. The fourth-order valence-corrected chi connectivity index (χ4v) is 3.10. The third-order valence-corrected chi connectivity index (χ3v) is 4.45. The first-order valence-corrected chi connectivity index (χ1v) is 9.12. The molecule has 1 unspecified atom stereocenters. The second-order valence-electron chi connectivity index (χ2n) is 7.31. The van der Waals surface area contributed by atoms with Crippen LogP contribution in [0.5, 0.6) is 0 Å². The molecule has 1 fully saturated rings. The first-order chi connectivity index (χ1) is 10.1. The summed E-state index contributed by atoms with van der Waals surface area (Å²) in [7, 11) is 0. The van der Waals surface area contributed by atoms with Crippen LogP contribution < -0.4 is 5.32 Å². The maximum absolute atomic E-state index is 5.76. The normalized spacial score (nSPS) is 22.6. The lowest BCUT2D eigenvalue weighted by atomic mass is 9.86. The molecule has 0 amide bonds. The Kier molecular flexibility index (Phi) is 9.54. The lowest BCUT2D eigenvalue weighted by Gasteiger charge is -2.35. The molecule has 1 aliphatic heterocycles. The smallest absolute Gasteiger partial charge is 0.0547 e. The Hall–Kier alpha value is -0.120. The summed E-state index contributed by atoms with van der Waals surface area (Å²) < 4.78 is 5.76. The van der Waals surface area contributed by atoms with Gasteiger partial charge >= 0.3 is 0 Å². The zero-order valence-corrected chi connectivity index (χ0v) is 14.9. The van der Waals surface area contributed by atoms with Crippen LogP contribution in [0.2, 0.25) is 0 Å². The standard InChI is InChI=1S/C18H38N2O/c1-5-7-10-20(11-8-6-2)15-18(9-12-21-16-18)14-19-13-17(3)4/h17,19H,5-16H2,1-4H3. The highest BCUT2D eigenvalue weighted by Gasteiger charge is 2.36. The Balaban J connectivity index is 2.51. The second-order valence-corrected chi connectivity index (χ2v) is 7.31. The molecule has 0 aromatic carbocycles. The van der Waals surface area contributed by atoms with E-state index in [-0.39, 0.29) is 0 Å². The number of ether oxygens (including phenoxy) is 1. The number of rotatable bonds is 12. The number of nitrogens with one attached hydrogen (secondary N) is 1. The van der Waals surface area contributed by atoms with Crippen molar-refractivity contribution >= 4 is 0 Å². The molecule has 0 aromatic heterocycles. The van der Waals surface area contributed by atoms with Crippen LogP contribution in [-0.2, 0) is 4.74 Å². The zero-order valence-electron chi connectivity index (χ0n) is 14.9. The topological polar surface area (TPSA) is 24.5 Å². The molecule has 1 aliphatic rings. The van der Waals surface area contributed by atoms with Gasteiger partial charge in [0.05, 0.1) is 6.61 Å². The predicted molar refractivity (Wildman–Crippen MR) is 91.8 cm³/mol. The van der Waals surface area contributed by atoms with Gasteiger partial charge in [-0.1, -0.05) is 40.5 Å². The molecule has 1 heterocycles. The quantitative estimate of drug-likeness (QED) is 0.596. The van der Waals surface area contributed by atoms with Crippen LogP contribution in [-0.4, -0.2) is 50.8 Å². The Morgan fingerprint density at radius 3 is 2.29 bits per heavy atom. The van der Waals surface area contributed by atoms with Crippen molar-refractivity contribution in [3.8, 4) is 0 Å². The third kappa shape index (κ3) is 7.62. The van der Waals surface area contributed by atoms with E-state index in [1.807, 2.05) is 0 Å². The highest BCUT2D eigenvalue weighted by molar-refractivity contribution is 4.88. The van der Waals surface area contributed by atoms with Crippen LogP contribution >= 0.6 is 0 Å². The van der Waals surface area contributed by atoms with Gasteiger partial charge in [-0.05, 0) is 44.8 Å². The fraction of sp³-hybridized carbons (Fsp3) is 1.00. The summed E-state index contributed by atoms with van der Waals surface area (Å²) in [6.07, 6.45) is 6.43. The summed E-state index contributed by atoms with van der Waals surface area (Å²) in [6, 6.07) is 0. The van der Waals surface area contributed by atoms with E-state index < -0.39 is 0 Å². The van der Waals surface area contributed by atoms with Crippen molar-refractivity contribution in [2.75, 3.05) is 45.9 Å². The van der Waals surface area contributed by atoms with Crippen molar-refractivity contribution < 1.29 is 4.74 Å². The van der Waals surface area contributed by atoms with Gasteiger partial charge in [-0.25, -0.2) is 0 Å². The molecule has 1 saturated heterocycles. The summed E-state index contributed by atoms with van der Waals surface area (Å²) in [4.78, 5) is 2.69. The monoisotopic (exact) mass is 298 g/mol. The molecule has 1 rings (SSSR count). The molecule has 126 valence electrons. The molecular formula is C18H38N2O. The SMILES string of the molecule is CCCCN(CCCC)CC1(CNCC(C)C)CCOC1. The van der Waals surface area contributed by atoms with Gasteiger partial charge in [-0.15, -0.1) is 0 Å². The molecule has 3 nitrogen and oxygen atoms in total. The Morgan fingerprint density at radius 1 is 1.14 bits per heavy atom. The van der Waals surface area contributed by atoms with Crippen LogP contribution in [0.4, 0.5) is 0 Å². The zero-order chi connectivity index (χ0) is 15.6. The van der Waals surface area contributed by atoms with Gasteiger partial charge < -0.3 is 15.0 Å². The van der Waals surface area contributed by atoms with Crippen molar-refractivity contribution in [2.24, 2.45) is 11.3 Å². The van der Waals surface area contributed by atoms with Gasteiger partial charge in [-0.2, -0.15) is 0 Å². The van der Waals surface area contributed by atoms with Crippen LogP contribution in [0.3, 0.4) is 0 Å². The average Bonchev–Trinajstić information content (AvgIpc) is 2.90. The fourth-order valence-electron chi connectivity index (χ4n) is 3.10. The van der Waals surface area contributed by atoms with Gasteiger partial charge in [0.2, 0.25) is 0 Å². The van der Waals surface area contributed by atoms with Gasteiger partial charge in [0, 0.05) is 25.1 Å². The Bertz CT molecular complexity index is 242. The van der Waals surface area contributed by atoms with Crippen molar-refractivity contribution in [1.82, 2.24) is 10.2 Å². The first kappa shape index (κ1) is 18.9. The molecule has 0 aromatic rings. The van der Waals surface area contributed by atoms with Gasteiger partial charge in [0.15, 0.2) is 0 Å². The van der Waals surface area contributed by atoms with Crippen LogP contribution in [0.25, 0.3) is 0 Å². The third-order valence-electron chi connectivity index (χ3n) is 4.45. The van der Waals surface area contributed by atoms with Crippen molar-refractivity contribution in [3.05, 3.63) is 0 Å². The lowest BCUT2D eigenvalue weighted by Crippen LogP contribution is -2.46. The molecule has 0 spiro atoms. The molecule has 0 aliphatic carbocycles. The predicted octanol–water partition coefficient (Wildman–Crippen LogP) is 3.54. The molecule has 0 radical (unpaired) electrons. The van der Waals surface area contributed by atoms with Crippen molar-refractivity contribution in [3.63, 3.8) is 0 Å². The van der Waals surface area contributed by atoms with E-state index in [1.54, 1.807) is 0 Å². The van der Waals surface area contributed by atoms with Gasteiger partial charge in [-0.3, -0.25) is 0 Å². The van der Waals surface area contributed by atoms with Crippen molar-refractivity contribution in [2.45, 2.75) is 59.8 Å². The molecular weight excluding hydrogens is 260 g/mol. The Morgan fingerprint density at radius 2 is 1.81 bits per heavy atom. The van der Waals surface area contributed by atoms with Gasteiger partial charge in [0.25, 0.3) is 0 Å². The van der Waals surface area contributed by atoms with E-state index in [1.165, 1.54) is 51.7 Å². The molecule has 1 N–H and O–H groups in total. The minimum Gasteiger partial charge on any atom is -0.381 e. The summed E-state index contributed by atoms with van der Waals surface area (Å²) in [5.41, 5.74) is 0.344. The second kappa shape index (κ2) is 10.6. The largest absolute Gasteiger partial charge is 0.381 e. The van der Waals surface area contributed by atoms with Crippen LogP contribution in [0.1, 0.15) is 59.8 Å². The van der Waals surface area contributed by atoms with E-state index in [0.717, 1.165) is 32.2 Å². The average molecular weight is 299 g/mol. The summed E-state index contributed by atoms with van der Waals surface area (Å²) >= 11 is 0.